The minimum atomic E-state index is -0.202. The summed E-state index contributed by atoms with van der Waals surface area (Å²) in [6.07, 6.45) is 5.93. The first kappa shape index (κ1) is 16.6. The van der Waals surface area contributed by atoms with Crippen LogP contribution < -0.4 is 10.6 Å². The monoisotopic (exact) mass is 336 g/mol. The van der Waals surface area contributed by atoms with E-state index in [1.54, 1.807) is 0 Å². The lowest BCUT2D eigenvalue weighted by molar-refractivity contribution is 0.101. The maximum atomic E-state index is 12.2. The highest BCUT2D eigenvalue weighted by Gasteiger charge is 2.33. The molecule has 4 nitrogen and oxygen atoms in total. The van der Waals surface area contributed by atoms with Crippen LogP contribution in [0.25, 0.3) is 0 Å². The van der Waals surface area contributed by atoms with Crippen LogP contribution in [0.1, 0.15) is 50.1 Å². The molecule has 3 atom stereocenters. The van der Waals surface area contributed by atoms with E-state index in [9.17, 15) is 9.90 Å². The quantitative estimate of drug-likeness (QED) is 0.768. The van der Waals surface area contributed by atoms with Crippen molar-refractivity contribution < 1.29 is 9.90 Å². The van der Waals surface area contributed by atoms with Gasteiger partial charge in [-0.2, -0.15) is 0 Å². The number of hydrogen-bond acceptors (Lipinski definition) is 2. The fourth-order valence-electron chi connectivity index (χ4n) is 3.45. The Labute approximate surface area is 142 Å². The molecule has 126 valence electrons. The molecule has 0 saturated heterocycles. The van der Waals surface area contributed by atoms with Crippen LogP contribution in [0.5, 0.6) is 0 Å². The van der Waals surface area contributed by atoms with Crippen molar-refractivity contribution in [1.29, 1.82) is 0 Å². The van der Waals surface area contributed by atoms with Crippen molar-refractivity contribution >= 4 is 17.6 Å². The van der Waals surface area contributed by atoms with E-state index in [1.807, 2.05) is 24.3 Å². The van der Waals surface area contributed by atoms with Gasteiger partial charge in [-0.25, -0.2) is 4.79 Å². The van der Waals surface area contributed by atoms with Gasteiger partial charge in [0.15, 0.2) is 0 Å². The molecule has 2 aliphatic rings. The van der Waals surface area contributed by atoms with Crippen LogP contribution in [0, 0.1) is 11.8 Å². The number of aliphatic hydroxyl groups is 1. The second-order valence-corrected chi connectivity index (χ2v) is 7.34. The van der Waals surface area contributed by atoms with Gasteiger partial charge in [-0.3, -0.25) is 0 Å². The highest BCUT2D eigenvalue weighted by Crippen LogP contribution is 2.41. The van der Waals surface area contributed by atoms with Crippen molar-refractivity contribution in [3.63, 3.8) is 0 Å². The third kappa shape index (κ3) is 4.85. The average Bonchev–Trinajstić information content (AvgIpc) is 3.36. The highest BCUT2D eigenvalue weighted by atomic mass is 35.5. The van der Waals surface area contributed by atoms with Gasteiger partial charge in [0.25, 0.3) is 0 Å². The smallest absolute Gasteiger partial charge is 0.315 e. The Morgan fingerprint density at radius 1 is 1.22 bits per heavy atom. The minimum absolute atomic E-state index is 0.0595. The number of amides is 2. The molecule has 0 aromatic heterocycles. The van der Waals surface area contributed by atoms with Gasteiger partial charge in [-0.15, -0.1) is 0 Å². The van der Waals surface area contributed by atoms with Gasteiger partial charge in [-0.05, 0) is 61.6 Å². The largest absolute Gasteiger partial charge is 0.393 e. The average molecular weight is 337 g/mol. The Morgan fingerprint density at radius 2 is 1.96 bits per heavy atom. The van der Waals surface area contributed by atoms with Crippen molar-refractivity contribution in [3.05, 3.63) is 34.9 Å². The van der Waals surface area contributed by atoms with Crippen LogP contribution >= 0.6 is 11.6 Å². The Balaban J connectivity index is 1.51. The molecule has 0 heterocycles. The lowest BCUT2D eigenvalue weighted by atomic mass is 9.87. The first-order valence-electron chi connectivity index (χ1n) is 8.59. The summed E-state index contributed by atoms with van der Waals surface area (Å²) in [5.74, 6) is 0.915. The van der Waals surface area contributed by atoms with Crippen LogP contribution in [-0.2, 0) is 0 Å². The van der Waals surface area contributed by atoms with Crippen molar-refractivity contribution in [3.8, 4) is 0 Å². The number of hydrogen-bond donors (Lipinski definition) is 3. The highest BCUT2D eigenvalue weighted by molar-refractivity contribution is 6.30. The lowest BCUT2D eigenvalue weighted by Crippen LogP contribution is -2.41. The zero-order valence-corrected chi connectivity index (χ0v) is 14.1. The second kappa shape index (κ2) is 7.54. The molecule has 1 aromatic carbocycles. The first-order chi connectivity index (χ1) is 11.1. The van der Waals surface area contributed by atoms with Crippen LogP contribution in [0.2, 0.25) is 5.02 Å². The summed E-state index contributed by atoms with van der Waals surface area (Å²) in [5.41, 5.74) is 1.11. The van der Waals surface area contributed by atoms with Crippen molar-refractivity contribution in [2.45, 2.75) is 50.7 Å². The summed E-state index contributed by atoms with van der Waals surface area (Å²) in [5, 5.41) is 16.5. The number of nitrogens with one attached hydrogen (secondary N) is 2. The summed E-state index contributed by atoms with van der Waals surface area (Å²) in [7, 11) is 0. The molecule has 3 unspecified atom stereocenters. The molecular formula is C18H25ClN2O2. The Bertz CT molecular complexity index is 530. The van der Waals surface area contributed by atoms with Gasteiger partial charge < -0.3 is 15.7 Å². The maximum Gasteiger partial charge on any atom is 0.315 e. The summed E-state index contributed by atoms with van der Waals surface area (Å²) < 4.78 is 0. The number of urea groups is 1. The lowest BCUT2D eigenvalue weighted by Gasteiger charge is -2.26. The minimum Gasteiger partial charge on any atom is -0.393 e. The van der Waals surface area contributed by atoms with Crippen molar-refractivity contribution in [2.24, 2.45) is 11.8 Å². The van der Waals surface area contributed by atoms with E-state index in [-0.39, 0.29) is 18.2 Å². The number of carbonyl (C=O) groups is 1. The molecule has 0 aliphatic heterocycles. The zero-order valence-electron chi connectivity index (χ0n) is 13.3. The van der Waals surface area contributed by atoms with E-state index in [2.05, 4.69) is 10.6 Å². The van der Waals surface area contributed by atoms with Gasteiger partial charge in [-0.1, -0.05) is 30.2 Å². The summed E-state index contributed by atoms with van der Waals surface area (Å²) in [6, 6.07) is 7.66. The molecule has 3 N–H and O–H groups in total. The molecule has 1 aromatic rings. The number of aliphatic hydroxyl groups excluding tert-OH is 1. The molecule has 0 bridgehead atoms. The maximum absolute atomic E-state index is 12.2. The molecule has 2 amide bonds. The van der Waals surface area contributed by atoms with Gasteiger partial charge in [0, 0.05) is 11.6 Å². The number of halogens is 1. The third-order valence-electron chi connectivity index (χ3n) is 4.92. The normalized spacial score (nSPS) is 25.7. The van der Waals surface area contributed by atoms with E-state index in [1.165, 1.54) is 0 Å². The SMILES string of the molecule is O=C(NCC1CCCC(O)C1)NC(c1ccc(Cl)cc1)C1CC1. The molecule has 23 heavy (non-hydrogen) atoms. The Hall–Kier alpha value is -1.26. The molecule has 5 heteroatoms. The van der Waals surface area contributed by atoms with E-state index in [0.717, 1.165) is 44.1 Å². The van der Waals surface area contributed by atoms with Crippen LogP contribution in [0.3, 0.4) is 0 Å². The van der Waals surface area contributed by atoms with E-state index in [0.29, 0.717) is 23.4 Å². The van der Waals surface area contributed by atoms with Crippen LogP contribution in [0.15, 0.2) is 24.3 Å². The van der Waals surface area contributed by atoms with Crippen molar-refractivity contribution in [1.82, 2.24) is 10.6 Å². The third-order valence-corrected chi connectivity index (χ3v) is 5.17. The Kier molecular flexibility index (Phi) is 5.44. The molecule has 2 aliphatic carbocycles. The summed E-state index contributed by atoms with van der Waals surface area (Å²) in [6.45, 7) is 0.640. The zero-order chi connectivity index (χ0) is 16.2. The van der Waals surface area contributed by atoms with E-state index >= 15 is 0 Å². The second-order valence-electron chi connectivity index (χ2n) is 6.91. The molecular weight excluding hydrogens is 312 g/mol. The van der Waals surface area contributed by atoms with E-state index < -0.39 is 0 Å². The topological polar surface area (TPSA) is 61.4 Å². The standard InChI is InChI=1S/C18H25ClN2O2/c19-15-8-6-14(7-9-15)17(13-4-5-13)21-18(23)20-11-12-2-1-3-16(22)10-12/h6-9,12-13,16-17,22H,1-5,10-11H2,(H2,20,21,23). The number of benzene rings is 1. The van der Waals surface area contributed by atoms with Gasteiger partial charge in [0.2, 0.25) is 0 Å². The fraction of sp³-hybridized carbons (Fsp3) is 0.611. The fourth-order valence-corrected chi connectivity index (χ4v) is 3.58. The summed E-state index contributed by atoms with van der Waals surface area (Å²) in [4.78, 5) is 12.2. The number of carbonyl (C=O) groups excluding carboxylic acids is 1. The summed E-state index contributed by atoms with van der Waals surface area (Å²) >= 11 is 5.94. The number of rotatable bonds is 5. The first-order valence-corrected chi connectivity index (χ1v) is 8.97. The van der Waals surface area contributed by atoms with Crippen LogP contribution in [0.4, 0.5) is 4.79 Å². The van der Waals surface area contributed by atoms with Gasteiger partial charge >= 0.3 is 6.03 Å². The van der Waals surface area contributed by atoms with Gasteiger partial charge in [0.05, 0.1) is 12.1 Å². The Morgan fingerprint density at radius 3 is 2.61 bits per heavy atom. The molecule has 2 fully saturated rings. The van der Waals surface area contributed by atoms with E-state index in [4.69, 9.17) is 11.6 Å². The van der Waals surface area contributed by atoms with Crippen LogP contribution in [-0.4, -0.2) is 23.8 Å². The molecule has 2 saturated carbocycles. The predicted molar refractivity (Wildman–Crippen MR) is 91.4 cm³/mol. The molecule has 0 radical (unpaired) electrons. The van der Waals surface area contributed by atoms with Crippen molar-refractivity contribution in [2.75, 3.05) is 6.54 Å². The predicted octanol–water partition coefficient (Wildman–Crippen LogP) is 3.64. The molecule has 0 spiro atoms. The molecule has 3 rings (SSSR count). The van der Waals surface area contributed by atoms with Gasteiger partial charge in [0.1, 0.15) is 0 Å².